The third-order valence-corrected chi connectivity index (χ3v) is 5.87. The molecule has 5 nitrogen and oxygen atoms in total. The molecule has 0 radical (unpaired) electrons. The second kappa shape index (κ2) is 6.92. The first kappa shape index (κ1) is 19.5. The number of aryl methyl sites for hydroxylation is 2. The number of hydrogen-bond acceptors (Lipinski definition) is 4. The van der Waals surface area contributed by atoms with Crippen LogP contribution in [0.5, 0.6) is 5.75 Å². The second-order valence-electron chi connectivity index (χ2n) is 7.81. The Morgan fingerprint density at radius 2 is 2.00 bits per heavy atom. The Labute approximate surface area is 174 Å². The van der Waals surface area contributed by atoms with Gasteiger partial charge in [-0.15, -0.1) is 0 Å². The van der Waals surface area contributed by atoms with Gasteiger partial charge in [0.2, 0.25) is 0 Å². The molecule has 150 valence electrons. The molecule has 1 unspecified atom stereocenters. The zero-order valence-corrected chi connectivity index (χ0v) is 17.6. The van der Waals surface area contributed by atoms with Gasteiger partial charge in [0.25, 0.3) is 5.91 Å². The topological polar surface area (TPSA) is 68.5 Å². The molecule has 0 bridgehead atoms. The lowest BCUT2D eigenvalue weighted by Crippen LogP contribution is -2.38. The lowest BCUT2D eigenvalue weighted by atomic mass is 9.87. The minimum atomic E-state index is -0.516. The fourth-order valence-electron chi connectivity index (χ4n) is 3.73. The second-order valence-corrected chi connectivity index (χ2v) is 8.22. The number of fused-ring (bicyclic) bond motifs is 3. The van der Waals surface area contributed by atoms with Crippen molar-refractivity contribution in [3.8, 4) is 5.75 Å². The third-order valence-electron chi connectivity index (χ3n) is 5.55. The van der Waals surface area contributed by atoms with Crippen LogP contribution in [0.25, 0.3) is 11.0 Å². The van der Waals surface area contributed by atoms with Crippen molar-refractivity contribution in [3.05, 3.63) is 57.8 Å². The molecule has 0 aliphatic carbocycles. The number of benzene rings is 2. The van der Waals surface area contributed by atoms with Crippen molar-refractivity contribution >= 4 is 39.9 Å². The Bertz CT molecular complexity index is 1160. The number of carbonyl (C=O) groups is 2. The van der Waals surface area contributed by atoms with Crippen LogP contribution in [0.15, 0.2) is 34.7 Å². The quantitative estimate of drug-likeness (QED) is 0.566. The number of carbonyl (C=O) groups excluding carboxylic acids is 2. The number of ether oxygens (including phenoxy) is 1. The molecule has 1 aliphatic heterocycles. The molecule has 1 atom stereocenters. The van der Waals surface area contributed by atoms with Crippen molar-refractivity contribution < 1.29 is 18.7 Å². The van der Waals surface area contributed by atoms with Gasteiger partial charge in [-0.3, -0.25) is 9.59 Å². The van der Waals surface area contributed by atoms with E-state index in [-0.39, 0.29) is 11.5 Å². The number of Topliss-reactive ketones (excluding diaryl/α,β-unsaturated/α-hetero) is 1. The molecule has 1 aromatic heterocycles. The summed E-state index contributed by atoms with van der Waals surface area (Å²) in [7, 11) is 0. The van der Waals surface area contributed by atoms with Gasteiger partial charge in [-0.05, 0) is 57.0 Å². The van der Waals surface area contributed by atoms with Crippen LogP contribution in [0.3, 0.4) is 0 Å². The zero-order valence-electron chi connectivity index (χ0n) is 16.8. The van der Waals surface area contributed by atoms with Crippen LogP contribution in [0.2, 0.25) is 5.02 Å². The average Bonchev–Trinajstić information content (AvgIpc) is 3.00. The highest BCUT2D eigenvalue weighted by atomic mass is 35.5. The summed E-state index contributed by atoms with van der Waals surface area (Å²) in [4.78, 5) is 25.8. The molecule has 3 aromatic rings. The van der Waals surface area contributed by atoms with E-state index in [1.807, 2.05) is 26.8 Å². The smallest absolute Gasteiger partial charge is 0.291 e. The zero-order chi connectivity index (χ0) is 20.9. The number of rotatable bonds is 3. The van der Waals surface area contributed by atoms with Gasteiger partial charge in [-0.1, -0.05) is 24.6 Å². The molecular formula is C23H22ClNO4. The molecule has 0 fully saturated rings. The first-order valence-corrected chi connectivity index (χ1v) is 9.96. The fraction of sp³-hybridized carbons (Fsp3) is 0.304. The standard InChI is InChI=1S/C23H22ClNO4/c1-5-23(4)11-16(26)20-18(29-23)9-8-17-19(20)13(3)21(28-17)22(27)25-15-7-6-12(2)10-14(15)24/h6-10H,5,11H2,1-4H3,(H,25,27). The highest BCUT2D eigenvalue weighted by Gasteiger charge is 2.37. The van der Waals surface area contributed by atoms with E-state index < -0.39 is 11.5 Å². The first-order chi connectivity index (χ1) is 13.7. The monoisotopic (exact) mass is 411 g/mol. The maximum atomic E-state index is 12.9. The Morgan fingerprint density at radius 1 is 1.24 bits per heavy atom. The average molecular weight is 412 g/mol. The van der Waals surface area contributed by atoms with Gasteiger partial charge < -0.3 is 14.5 Å². The molecule has 2 aromatic carbocycles. The molecule has 1 N–H and O–H groups in total. The highest BCUT2D eigenvalue weighted by molar-refractivity contribution is 6.34. The number of nitrogens with one attached hydrogen (secondary N) is 1. The molecule has 2 heterocycles. The van der Waals surface area contributed by atoms with E-state index in [2.05, 4.69) is 5.32 Å². The van der Waals surface area contributed by atoms with E-state index in [0.717, 1.165) is 12.0 Å². The largest absolute Gasteiger partial charge is 0.486 e. The molecule has 1 amide bonds. The minimum Gasteiger partial charge on any atom is -0.486 e. The SMILES string of the molecule is CCC1(C)CC(=O)c2c(ccc3oc(C(=O)Nc4ccc(C)cc4Cl)c(C)c23)O1. The highest BCUT2D eigenvalue weighted by Crippen LogP contribution is 2.41. The number of ketones is 1. The lowest BCUT2D eigenvalue weighted by Gasteiger charge is -2.34. The van der Waals surface area contributed by atoms with Crippen molar-refractivity contribution in [2.75, 3.05) is 5.32 Å². The summed E-state index contributed by atoms with van der Waals surface area (Å²) in [6, 6.07) is 8.87. The number of hydrogen-bond donors (Lipinski definition) is 1. The Kier molecular flexibility index (Phi) is 4.66. The molecule has 0 saturated carbocycles. The summed E-state index contributed by atoms with van der Waals surface area (Å²) in [5, 5.41) is 3.87. The van der Waals surface area contributed by atoms with E-state index in [4.69, 9.17) is 20.8 Å². The third kappa shape index (κ3) is 3.29. The van der Waals surface area contributed by atoms with Crippen LogP contribution >= 0.6 is 11.6 Å². The molecule has 1 aliphatic rings. The lowest BCUT2D eigenvalue weighted by molar-refractivity contribution is 0.0503. The van der Waals surface area contributed by atoms with Gasteiger partial charge in [-0.2, -0.15) is 0 Å². The van der Waals surface area contributed by atoms with Crippen LogP contribution in [-0.4, -0.2) is 17.3 Å². The van der Waals surface area contributed by atoms with Gasteiger partial charge >= 0.3 is 0 Å². The van der Waals surface area contributed by atoms with Crippen LogP contribution < -0.4 is 10.1 Å². The Hall–Kier alpha value is -2.79. The molecule has 4 rings (SSSR count). The summed E-state index contributed by atoms with van der Waals surface area (Å²) in [6.45, 7) is 7.63. The van der Waals surface area contributed by atoms with Gasteiger partial charge in [0.05, 0.1) is 22.7 Å². The molecule has 29 heavy (non-hydrogen) atoms. The number of furan rings is 1. The van der Waals surface area contributed by atoms with Crippen LogP contribution in [0, 0.1) is 13.8 Å². The Balaban J connectivity index is 1.76. The van der Waals surface area contributed by atoms with Gasteiger partial charge in [-0.25, -0.2) is 0 Å². The number of halogens is 1. The first-order valence-electron chi connectivity index (χ1n) is 9.58. The summed E-state index contributed by atoms with van der Waals surface area (Å²) < 4.78 is 11.9. The van der Waals surface area contributed by atoms with Gasteiger partial charge in [0.1, 0.15) is 16.9 Å². The van der Waals surface area contributed by atoms with Crippen molar-refractivity contribution in [2.45, 2.75) is 46.1 Å². The van der Waals surface area contributed by atoms with Crippen molar-refractivity contribution in [1.82, 2.24) is 0 Å². The van der Waals surface area contributed by atoms with E-state index in [0.29, 0.717) is 45.0 Å². The van der Waals surface area contributed by atoms with Gasteiger partial charge in [0, 0.05) is 10.9 Å². The summed E-state index contributed by atoms with van der Waals surface area (Å²) in [5.74, 6) is 0.275. The number of anilines is 1. The molecule has 6 heteroatoms. The molecule has 0 saturated heterocycles. The van der Waals surface area contributed by atoms with Crippen molar-refractivity contribution in [1.29, 1.82) is 0 Å². The van der Waals surface area contributed by atoms with E-state index in [1.165, 1.54) is 0 Å². The van der Waals surface area contributed by atoms with E-state index in [9.17, 15) is 9.59 Å². The maximum Gasteiger partial charge on any atom is 0.291 e. The summed E-state index contributed by atoms with van der Waals surface area (Å²) >= 11 is 6.23. The van der Waals surface area contributed by atoms with E-state index >= 15 is 0 Å². The van der Waals surface area contributed by atoms with Crippen molar-refractivity contribution in [2.24, 2.45) is 0 Å². The normalized spacial score (nSPS) is 18.4. The minimum absolute atomic E-state index is 0.00126. The van der Waals surface area contributed by atoms with E-state index in [1.54, 1.807) is 31.2 Å². The fourth-order valence-corrected chi connectivity index (χ4v) is 4.01. The summed E-state index contributed by atoms with van der Waals surface area (Å²) in [6.07, 6.45) is 1.02. The van der Waals surface area contributed by atoms with Gasteiger partial charge in [0.15, 0.2) is 11.5 Å². The molecular weight excluding hydrogens is 390 g/mol. The Morgan fingerprint density at radius 3 is 2.69 bits per heavy atom. The predicted molar refractivity (Wildman–Crippen MR) is 113 cm³/mol. The maximum absolute atomic E-state index is 12.9. The van der Waals surface area contributed by atoms with Crippen LogP contribution in [0.4, 0.5) is 5.69 Å². The van der Waals surface area contributed by atoms with Crippen LogP contribution in [0.1, 0.15) is 58.7 Å². The van der Waals surface area contributed by atoms with Crippen LogP contribution in [-0.2, 0) is 0 Å². The predicted octanol–water partition coefficient (Wildman–Crippen LogP) is 6.09. The molecule has 0 spiro atoms. The summed E-state index contributed by atoms with van der Waals surface area (Å²) in [5.41, 5.74) is 2.56. The van der Waals surface area contributed by atoms with Crippen molar-refractivity contribution in [3.63, 3.8) is 0 Å². The number of amides is 1.